The first kappa shape index (κ1) is 73.0. The fourth-order valence-electron chi connectivity index (χ4n) is 17.4. The zero-order valence-corrected chi connectivity index (χ0v) is 67.2. The van der Waals surface area contributed by atoms with E-state index in [2.05, 4.69) is 324 Å². The van der Waals surface area contributed by atoms with Crippen LogP contribution in [-0.2, 0) is 0 Å². The van der Waals surface area contributed by atoms with Crippen molar-refractivity contribution in [2.75, 3.05) is 0 Å². The van der Waals surface area contributed by atoms with Crippen molar-refractivity contribution in [1.82, 2.24) is 62.6 Å². The van der Waals surface area contributed by atoms with Gasteiger partial charge in [-0.25, -0.2) is 44.9 Å². The number of furan rings is 1. The normalized spacial score (nSPS) is 11.5. The maximum atomic E-state index is 6.29. The van der Waals surface area contributed by atoms with E-state index in [0.29, 0.717) is 17.5 Å². The van der Waals surface area contributed by atoms with Crippen LogP contribution in [-0.4, -0.2) is 62.6 Å². The van der Waals surface area contributed by atoms with Gasteiger partial charge in [-0.05, 0) is 177 Å². The van der Waals surface area contributed by atoms with E-state index in [0.717, 1.165) is 156 Å². The van der Waals surface area contributed by atoms with Gasteiger partial charge in [0.05, 0.1) is 46.2 Å². The van der Waals surface area contributed by atoms with E-state index < -0.39 is 0 Å². The van der Waals surface area contributed by atoms with Crippen LogP contribution in [0, 0.1) is 0 Å². The summed E-state index contributed by atoms with van der Waals surface area (Å²) < 4.78 is 15.0. The lowest BCUT2D eigenvalue weighted by Crippen LogP contribution is -2.00. The van der Waals surface area contributed by atoms with Crippen LogP contribution in [0.15, 0.2) is 436 Å². The predicted molar refractivity (Wildman–Crippen MR) is 506 cm³/mol. The second kappa shape index (κ2) is 31.2. The molecule has 0 radical (unpaired) electrons. The van der Waals surface area contributed by atoms with Crippen molar-refractivity contribution in [1.29, 1.82) is 0 Å². The first-order chi connectivity index (χ1) is 61.9. The van der Waals surface area contributed by atoms with E-state index in [1.54, 1.807) is 0 Å². The number of para-hydroxylation sites is 4. The molecule has 0 N–H and O–H groups in total. The molecular weight excluding hydrogens is 1530 g/mol. The third kappa shape index (κ3) is 13.5. The van der Waals surface area contributed by atoms with Crippen LogP contribution >= 0.6 is 0 Å². The van der Waals surface area contributed by atoms with Crippen molar-refractivity contribution in [2.24, 2.45) is 0 Å². The summed E-state index contributed by atoms with van der Waals surface area (Å²) in [6.45, 7) is 0. The number of nitrogens with zero attached hydrogens (tertiary/aromatic N) is 13. The Morgan fingerprint density at radius 3 is 1.08 bits per heavy atom. The first-order valence-corrected chi connectivity index (χ1v) is 41.6. The van der Waals surface area contributed by atoms with Crippen LogP contribution < -0.4 is 0 Å². The Hall–Kier alpha value is -17.2. The Morgan fingerprint density at radius 1 is 0.216 bits per heavy atom. The average Bonchev–Trinajstić information content (AvgIpc) is 1.56. The summed E-state index contributed by atoms with van der Waals surface area (Å²) in [5, 5.41) is 8.06. The topological polar surface area (TPSA) is 147 Å². The van der Waals surface area contributed by atoms with E-state index in [9.17, 15) is 0 Å². The van der Waals surface area contributed by atoms with E-state index in [1.165, 1.54) is 49.7 Å². The van der Waals surface area contributed by atoms with E-state index >= 15 is 0 Å². The Bertz CT molecular complexity index is 8350. The van der Waals surface area contributed by atoms with Crippen molar-refractivity contribution >= 4 is 93.4 Å². The van der Waals surface area contributed by atoms with Crippen LogP contribution in [0.1, 0.15) is 0 Å². The quantitative estimate of drug-likeness (QED) is 0.116. The van der Waals surface area contributed by atoms with E-state index in [-0.39, 0.29) is 0 Å². The standard InChI is InChI=1S/C40H26N4.C37H24N6.C34H21N3O/c1-2-11-33(12-3-1)43-37-14-5-4-13-35(37)36-25-32(20-22-38(36)43)31-9-6-8-30(24-31)27-15-17-29(18-16-27)40-42-26-34-21-19-28-10-7-23-41-39(28)44(34)40;1-3-9-26(10-4-1)33-40-34(27-11-5-2-6-12-27)42-35(41-33)31-14-7-13-30(23-31)25-16-18-29(19-17-25)37-39-24-32-21-20-28-15-8-22-38-36(28)43(32)37;1-2-12-31-29(9-1)30-11-4-10-28(32(30)38-31)26-7-3-6-25(20-26)22-13-15-24(16-14-22)34-36-21-27-18-17-23-8-5-19-35-33(23)37(27)34/h1-26H;1-24H;1-21H. The molecule has 13 aromatic carbocycles. The van der Waals surface area contributed by atoms with Crippen LogP contribution in [0.5, 0.6) is 0 Å². The van der Waals surface area contributed by atoms with Gasteiger partial charge in [0.15, 0.2) is 17.5 Å². The summed E-state index contributed by atoms with van der Waals surface area (Å²) >= 11 is 0. The van der Waals surface area contributed by atoms with Crippen molar-refractivity contribution in [3.05, 3.63) is 431 Å². The fourth-order valence-corrected chi connectivity index (χ4v) is 17.4. The van der Waals surface area contributed by atoms with Gasteiger partial charge in [0.1, 0.15) is 45.6 Å². The predicted octanol–water partition coefficient (Wildman–Crippen LogP) is 27.2. The number of fused-ring (bicyclic) bond motifs is 15. The minimum Gasteiger partial charge on any atom is -0.455 e. The van der Waals surface area contributed by atoms with Crippen molar-refractivity contribution in [3.63, 3.8) is 0 Å². The zero-order valence-electron chi connectivity index (χ0n) is 67.2. The summed E-state index contributed by atoms with van der Waals surface area (Å²) in [5.74, 6) is 4.58. The molecule has 0 atom stereocenters. The van der Waals surface area contributed by atoms with Gasteiger partial charge in [0.25, 0.3) is 0 Å². The minimum absolute atomic E-state index is 0.634. The summed E-state index contributed by atoms with van der Waals surface area (Å²) in [5.41, 5.74) is 28.6. The number of benzene rings is 13. The number of imidazole rings is 3. The molecule has 0 aliphatic rings. The van der Waals surface area contributed by atoms with Gasteiger partial charge < -0.3 is 8.98 Å². The van der Waals surface area contributed by atoms with Crippen LogP contribution in [0.4, 0.5) is 0 Å². The Kier molecular flexibility index (Phi) is 18.2. The summed E-state index contributed by atoms with van der Waals surface area (Å²) in [6, 6.07) is 137. The van der Waals surface area contributed by atoms with Crippen LogP contribution in [0.2, 0.25) is 0 Å². The van der Waals surface area contributed by atoms with Gasteiger partial charge in [-0.15, -0.1) is 0 Å². The smallest absolute Gasteiger partial charge is 0.164 e. The molecule has 0 saturated heterocycles. The van der Waals surface area contributed by atoms with Gasteiger partial charge >= 0.3 is 0 Å². The molecule has 25 aromatic rings. The van der Waals surface area contributed by atoms with Gasteiger partial charge in [0.2, 0.25) is 0 Å². The lowest BCUT2D eigenvalue weighted by Gasteiger charge is -2.10. The van der Waals surface area contributed by atoms with Gasteiger partial charge in [-0.3, -0.25) is 13.2 Å². The molecule has 0 aliphatic carbocycles. The maximum absolute atomic E-state index is 6.29. The van der Waals surface area contributed by atoms with E-state index in [4.69, 9.17) is 34.3 Å². The highest BCUT2D eigenvalue weighted by Gasteiger charge is 2.21. The summed E-state index contributed by atoms with van der Waals surface area (Å²) in [6.07, 6.45) is 11.2. The molecule has 125 heavy (non-hydrogen) atoms. The second-order valence-electron chi connectivity index (χ2n) is 31.0. The highest BCUT2D eigenvalue weighted by molar-refractivity contribution is 6.11. The lowest BCUT2D eigenvalue weighted by atomic mass is 9.97. The molecule has 0 unspecified atom stereocenters. The van der Waals surface area contributed by atoms with Gasteiger partial charge in [-0.2, -0.15) is 0 Å². The molecule has 25 rings (SSSR count). The molecule has 14 nitrogen and oxygen atoms in total. The molecule has 12 aromatic heterocycles. The number of aromatic nitrogens is 13. The monoisotopic (exact) mass is 1600 g/mol. The zero-order chi connectivity index (χ0) is 82.7. The molecule has 14 heteroatoms. The Balaban J connectivity index is 0.000000108. The number of pyridine rings is 6. The number of hydrogen-bond donors (Lipinski definition) is 0. The molecular formula is C111H71N13O. The van der Waals surface area contributed by atoms with Crippen LogP contribution in [0.3, 0.4) is 0 Å². The SMILES string of the molecule is c1cc(-c2ccc(-c3ncc4ccc5cccnc5n34)cc2)cc(-c2cccc3c2oc2ccccc23)c1.c1ccc(-c2nc(-c3ccccc3)nc(-c3cccc(-c4ccc(-c5ncc6ccc7cccnc7n56)cc4)c3)n2)cc1.c1ccc(-n2c3ccccc3c3cc(-c4cccc(-c5ccc(-c6ncc7ccc8cccnc8n67)cc5)c4)ccc32)cc1. The summed E-state index contributed by atoms with van der Waals surface area (Å²) in [7, 11) is 0. The van der Waals surface area contributed by atoms with Crippen molar-refractivity contribution in [2.45, 2.75) is 0 Å². The average molecular weight is 1600 g/mol. The second-order valence-corrected chi connectivity index (χ2v) is 31.0. The lowest BCUT2D eigenvalue weighted by molar-refractivity contribution is 0.670. The highest BCUT2D eigenvalue weighted by Crippen LogP contribution is 2.41. The third-order valence-electron chi connectivity index (χ3n) is 23.5. The van der Waals surface area contributed by atoms with E-state index in [1.807, 2.05) is 140 Å². The number of rotatable bonds is 12. The molecule has 0 bridgehead atoms. The van der Waals surface area contributed by atoms with Crippen molar-refractivity contribution in [3.8, 4) is 130 Å². The Morgan fingerprint density at radius 2 is 0.576 bits per heavy atom. The van der Waals surface area contributed by atoms with Crippen LogP contribution in [0.25, 0.3) is 223 Å². The molecule has 12 heterocycles. The maximum Gasteiger partial charge on any atom is 0.164 e. The molecule has 586 valence electrons. The first-order valence-electron chi connectivity index (χ1n) is 41.6. The fraction of sp³-hybridized carbons (Fsp3) is 0. The minimum atomic E-state index is 0.634. The summed E-state index contributed by atoms with van der Waals surface area (Å²) in [4.78, 5) is 42.7. The Labute approximate surface area is 717 Å². The van der Waals surface area contributed by atoms with Gasteiger partial charge in [-0.1, -0.05) is 267 Å². The van der Waals surface area contributed by atoms with Gasteiger partial charge in [0, 0.05) is 101 Å². The molecule has 0 aliphatic heterocycles. The largest absolute Gasteiger partial charge is 0.455 e. The molecule has 0 amide bonds. The molecule has 0 saturated carbocycles. The van der Waals surface area contributed by atoms with Crippen molar-refractivity contribution < 1.29 is 4.42 Å². The molecule has 0 fully saturated rings. The molecule has 0 spiro atoms. The third-order valence-corrected chi connectivity index (χ3v) is 23.5. The highest BCUT2D eigenvalue weighted by atomic mass is 16.3. The number of hydrogen-bond acceptors (Lipinski definition) is 10.